The van der Waals surface area contributed by atoms with E-state index in [2.05, 4.69) is 52.9 Å². The Balaban J connectivity index is 1.24. The number of carbonyl (C=O) groups is 2. The molecule has 0 bridgehead atoms. The van der Waals surface area contributed by atoms with Gasteiger partial charge in [-0.15, -0.1) is 0 Å². The molecule has 2 aromatic rings. The fourth-order valence-electron chi connectivity index (χ4n) is 7.06. The fraction of sp³-hybridized carbons (Fsp3) is 0.588. The lowest BCUT2D eigenvalue weighted by Crippen LogP contribution is -2.56. The SMILES string of the molecule is CC(C)CN(C1CCNCC1)C1CCN(C(=O)[C@@H](Cc2ccc(Cl)cc2)NC(=O)C[C@@H]2NCCc3ccccc32)CC1. The third-order valence-electron chi connectivity index (χ3n) is 9.19. The molecule has 2 atom stereocenters. The van der Waals surface area contributed by atoms with Gasteiger partial charge in [0, 0.05) is 55.6 Å². The van der Waals surface area contributed by atoms with Gasteiger partial charge in [0.2, 0.25) is 11.8 Å². The highest BCUT2D eigenvalue weighted by atomic mass is 35.5. The monoisotopic (exact) mass is 593 g/mol. The third kappa shape index (κ3) is 8.13. The number of rotatable bonds is 10. The molecule has 2 fully saturated rings. The second kappa shape index (κ2) is 14.8. The van der Waals surface area contributed by atoms with E-state index in [0.717, 1.165) is 64.1 Å². The molecule has 0 spiro atoms. The molecule has 3 aliphatic heterocycles. The van der Waals surface area contributed by atoms with E-state index in [1.165, 1.54) is 24.0 Å². The number of nitrogens with one attached hydrogen (secondary N) is 3. The molecule has 0 aliphatic carbocycles. The molecular weight excluding hydrogens is 546 g/mol. The summed E-state index contributed by atoms with van der Waals surface area (Å²) in [6, 6.07) is 16.4. The van der Waals surface area contributed by atoms with Crippen LogP contribution in [0.1, 0.15) is 68.7 Å². The minimum Gasteiger partial charge on any atom is -0.344 e. The molecule has 0 radical (unpaired) electrons. The Hall–Kier alpha value is -2.45. The molecule has 228 valence electrons. The molecule has 0 saturated carbocycles. The van der Waals surface area contributed by atoms with Crippen molar-refractivity contribution < 1.29 is 9.59 Å². The van der Waals surface area contributed by atoms with Gasteiger partial charge in [0.05, 0.1) is 0 Å². The number of fused-ring (bicyclic) bond motifs is 1. The second-order valence-corrected chi connectivity index (χ2v) is 13.2. The van der Waals surface area contributed by atoms with Crippen molar-refractivity contribution in [3.8, 4) is 0 Å². The Morgan fingerprint density at radius 3 is 2.38 bits per heavy atom. The van der Waals surface area contributed by atoms with Crippen LogP contribution in [0.5, 0.6) is 0 Å². The van der Waals surface area contributed by atoms with Crippen LogP contribution >= 0.6 is 11.6 Å². The van der Waals surface area contributed by atoms with Crippen molar-refractivity contribution in [2.24, 2.45) is 5.92 Å². The minimum absolute atomic E-state index is 0.0195. The van der Waals surface area contributed by atoms with Gasteiger partial charge in [0.25, 0.3) is 0 Å². The van der Waals surface area contributed by atoms with Crippen LogP contribution in [-0.2, 0) is 22.4 Å². The van der Waals surface area contributed by atoms with Gasteiger partial charge in [0.1, 0.15) is 6.04 Å². The van der Waals surface area contributed by atoms with Crippen molar-refractivity contribution in [1.29, 1.82) is 0 Å². The largest absolute Gasteiger partial charge is 0.344 e. The van der Waals surface area contributed by atoms with Crippen molar-refractivity contribution in [2.45, 2.75) is 83.0 Å². The van der Waals surface area contributed by atoms with Crippen molar-refractivity contribution in [2.75, 3.05) is 39.3 Å². The van der Waals surface area contributed by atoms with E-state index < -0.39 is 6.04 Å². The molecule has 3 N–H and O–H groups in total. The van der Waals surface area contributed by atoms with Crippen molar-refractivity contribution in [3.63, 3.8) is 0 Å². The molecule has 5 rings (SSSR count). The van der Waals surface area contributed by atoms with Crippen LogP contribution in [0.2, 0.25) is 5.02 Å². The van der Waals surface area contributed by atoms with Crippen molar-refractivity contribution in [1.82, 2.24) is 25.8 Å². The summed E-state index contributed by atoms with van der Waals surface area (Å²) in [4.78, 5) is 32.2. The number of hydrogen-bond donors (Lipinski definition) is 3. The second-order valence-electron chi connectivity index (χ2n) is 12.7. The summed E-state index contributed by atoms with van der Waals surface area (Å²) in [6.07, 6.45) is 6.07. The summed E-state index contributed by atoms with van der Waals surface area (Å²) >= 11 is 6.13. The maximum absolute atomic E-state index is 14.0. The quantitative estimate of drug-likeness (QED) is 0.382. The van der Waals surface area contributed by atoms with E-state index in [0.29, 0.717) is 35.9 Å². The maximum Gasteiger partial charge on any atom is 0.245 e. The molecule has 42 heavy (non-hydrogen) atoms. The van der Waals surface area contributed by atoms with Gasteiger partial charge in [-0.05, 0) is 86.5 Å². The molecule has 8 heteroatoms. The zero-order chi connectivity index (χ0) is 29.5. The smallest absolute Gasteiger partial charge is 0.245 e. The Kier molecular flexibility index (Phi) is 10.9. The van der Waals surface area contributed by atoms with Gasteiger partial charge in [0.15, 0.2) is 0 Å². The highest BCUT2D eigenvalue weighted by Gasteiger charge is 2.34. The summed E-state index contributed by atoms with van der Waals surface area (Å²) in [5.41, 5.74) is 3.46. The number of amides is 2. The lowest BCUT2D eigenvalue weighted by Gasteiger charge is -2.45. The topological polar surface area (TPSA) is 76.7 Å². The molecule has 3 heterocycles. The molecule has 7 nitrogen and oxygen atoms in total. The molecule has 2 aromatic carbocycles. The van der Waals surface area contributed by atoms with Crippen LogP contribution in [0.4, 0.5) is 0 Å². The normalized spacial score (nSPS) is 20.9. The summed E-state index contributed by atoms with van der Waals surface area (Å²) < 4.78 is 0. The van der Waals surface area contributed by atoms with Crippen molar-refractivity contribution in [3.05, 3.63) is 70.2 Å². The van der Waals surface area contributed by atoms with Crippen LogP contribution in [0.25, 0.3) is 0 Å². The molecule has 3 aliphatic rings. The Morgan fingerprint density at radius 1 is 0.976 bits per heavy atom. The average Bonchev–Trinajstić information content (AvgIpc) is 3.01. The van der Waals surface area contributed by atoms with Gasteiger partial charge in [-0.2, -0.15) is 0 Å². The summed E-state index contributed by atoms with van der Waals surface area (Å²) in [5, 5.41) is 10.8. The number of hydrogen-bond acceptors (Lipinski definition) is 5. The first-order valence-corrected chi connectivity index (χ1v) is 16.4. The standard InChI is InChI=1S/C34H48ClN5O2/c1-24(2)23-40(28-12-16-36-17-13-28)29-14-19-39(20-15-29)34(42)32(21-25-7-9-27(35)10-8-25)38-33(41)22-31-30-6-4-3-5-26(30)11-18-37-31/h3-10,24,28-29,31-32,36-37H,11-23H2,1-2H3,(H,38,41)/t31-,32+/m0/s1. The zero-order valence-corrected chi connectivity index (χ0v) is 26.0. The number of likely N-dealkylation sites (tertiary alicyclic amines) is 1. The summed E-state index contributed by atoms with van der Waals surface area (Å²) in [7, 11) is 0. The lowest BCUT2D eigenvalue weighted by molar-refractivity contribution is -0.138. The zero-order valence-electron chi connectivity index (χ0n) is 25.3. The number of halogens is 1. The third-order valence-corrected chi connectivity index (χ3v) is 9.44. The Morgan fingerprint density at radius 2 is 1.67 bits per heavy atom. The highest BCUT2D eigenvalue weighted by Crippen LogP contribution is 2.27. The lowest BCUT2D eigenvalue weighted by atomic mass is 9.92. The first-order valence-electron chi connectivity index (χ1n) is 16.0. The van der Waals surface area contributed by atoms with E-state index in [-0.39, 0.29) is 17.9 Å². The predicted molar refractivity (Wildman–Crippen MR) is 170 cm³/mol. The molecular formula is C34H48ClN5O2. The Bertz CT molecular complexity index is 1170. The Labute approximate surface area is 256 Å². The highest BCUT2D eigenvalue weighted by molar-refractivity contribution is 6.30. The maximum atomic E-state index is 14.0. The van der Waals surface area contributed by atoms with Crippen LogP contribution in [-0.4, -0.2) is 79.0 Å². The van der Waals surface area contributed by atoms with E-state index >= 15 is 0 Å². The fourth-order valence-corrected chi connectivity index (χ4v) is 7.19. The molecule has 0 aromatic heterocycles. The van der Waals surface area contributed by atoms with Gasteiger partial charge < -0.3 is 20.9 Å². The van der Waals surface area contributed by atoms with E-state index in [4.69, 9.17) is 11.6 Å². The first-order chi connectivity index (χ1) is 20.4. The number of benzene rings is 2. The average molecular weight is 594 g/mol. The van der Waals surface area contributed by atoms with Gasteiger partial charge in [-0.3, -0.25) is 14.5 Å². The molecule has 0 unspecified atom stereocenters. The van der Waals surface area contributed by atoms with Gasteiger partial charge in [-0.1, -0.05) is 61.8 Å². The van der Waals surface area contributed by atoms with Gasteiger partial charge >= 0.3 is 0 Å². The number of piperidine rings is 2. The minimum atomic E-state index is -0.606. The number of nitrogens with zero attached hydrogens (tertiary/aromatic N) is 2. The predicted octanol–water partition coefficient (Wildman–Crippen LogP) is 4.35. The molecule has 2 amide bonds. The summed E-state index contributed by atoms with van der Waals surface area (Å²) in [6.45, 7) is 10.2. The van der Waals surface area contributed by atoms with Gasteiger partial charge in [-0.25, -0.2) is 0 Å². The van der Waals surface area contributed by atoms with Crippen molar-refractivity contribution >= 4 is 23.4 Å². The van der Waals surface area contributed by atoms with Crippen LogP contribution in [0.3, 0.4) is 0 Å². The van der Waals surface area contributed by atoms with Crippen LogP contribution in [0, 0.1) is 5.92 Å². The summed E-state index contributed by atoms with van der Waals surface area (Å²) in [5.74, 6) is 0.538. The van der Waals surface area contributed by atoms with E-state index in [1.54, 1.807) is 0 Å². The van der Waals surface area contributed by atoms with E-state index in [9.17, 15) is 9.59 Å². The molecule has 2 saturated heterocycles. The number of carbonyl (C=O) groups excluding carboxylic acids is 2. The first kappa shape index (κ1) is 31.0. The van der Waals surface area contributed by atoms with Crippen LogP contribution < -0.4 is 16.0 Å². The van der Waals surface area contributed by atoms with Crippen LogP contribution in [0.15, 0.2) is 48.5 Å². The van der Waals surface area contributed by atoms with E-state index in [1.807, 2.05) is 35.2 Å².